The Balaban J connectivity index is 1.20. The fourth-order valence-corrected chi connectivity index (χ4v) is 5.71. The maximum atomic E-state index is 12.9. The minimum atomic E-state index is -0.0759. The summed E-state index contributed by atoms with van der Waals surface area (Å²) in [6.07, 6.45) is 3.64. The lowest BCUT2D eigenvalue weighted by Gasteiger charge is -2.39. The molecule has 1 N–H and O–H groups in total. The maximum Gasteiger partial charge on any atom is 0.344 e. The summed E-state index contributed by atoms with van der Waals surface area (Å²) in [5.41, 5.74) is 2.40. The van der Waals surface area contributed by atoms with Gasteiger partial charge in [-0.15, -0.1) is 5.10 Å². The topological polar surface area (TPSA) is 65.9 Å². The second-order valence-corrected chi connectivity index (χ2v) is 10.3. The van der Waals surface area contributed by atoms with E-state index in [1.807, 2.05) is 23.3 Å². The molecule has 3 aliphatic heterocycles. The van der Waals surface area contributed by atoms with Gasteiger partial charge in [0.2, 0.25) is 0 Å². The van der Waals surface area contributed by atoms with Crippen LogP contribution in [-0.4, -0.2) is 83.8 Å². The number of nitrogens with one attached hydrogen (secondary N) is 1. The van der Waals surface area contributed by atoms with Crippen molar-refractivity contribution in [2.45, 2.75) is 19.5 Å². The van der Waals surface area contributed by atoms with E-state index in [0.717, 1.165) is 50.1 Å². The van der Waals surface area contributed by atoms with Gasteiger partial charge in [0, 0.05) is 75.7 Å². The van der Waals surface area contributed by atoms with Gasteiger partial charge < -0.3 is 19.3 Å². The first-order valence-electron chi connectivity index (χ1n) is 11.5. The molecule has 10 heteroatoms. The molecule has 0 spiro atoms. The van der Waals surface area contributed by atoms with E-state index in [0.29, 0.717) is 30.7 Å². The molecule has 0 saturated carbocycles. The van der Waals surface area contributed by atoms with Crippen LogP contribution in [0, 0.1) is 11.8 Å². The Hall–Kier alpha value is -1.94. The minimum Gasteiger partial charge on any atom is -0.381 e. The quantitative estimate of drug-likeness (QED) is 0.643. The van der Waals surface area contributed by atoms with Gasteiger partial charge in [0.1, 0.15) is 0 Å². The van der Waals surface area contributed by atoms with Gasteiger partial charge in [0.25, 0.3) is 0 Å². The molecule has 1 amide bonds. The number of carbonyl (C=O) groups is 1. The van der Waals surface area contributed by atoms with Crippen LogP contribution in [0.3, 0.4) is 0 Å². The first-order valence-corrected chi connectivity index (χ1v) is 13.1. The molecular weight excluding hydrogens is 460 g/mol. The Bertz CT molecular complexity index is 991. The summed E-state index contributed by atoms with van der Waals surface area (Å²) in [7, 11) is 0. The number of aromatic nitrogens is 2. The van der Waals surface area contributed by atoms with Crippen molar-refractivity contribution in [1.29, 1.82) is 0 Å². The molecule has 3 fully saturated rings. The highest BCUT2D eigenvalue weighted by Gasteiger charge is 2.38. The SMILES string of the molecule is CSNc1ccn(C(=O)N2CCN(Cc3ccc(Cl)c(N4CC5COCC5C4)c3)C(C)C2)n1. The Morgan fingerprint density at radius 2 is 2.00 bits per heavy atom. The largest absolute Gasteiger partial charge is 0.381 e. The number of fused-ring (bicyclic) bond motifs is 1. The Labute approximate surface area is 204 Å². The van der Waals surface area contributed by atoms with Gasteiger partial charge in [-0.3, -0.25) is 4.90 Å². The normalized spacial score (nSPS) is 25.5. The van der Waals surface area contributed by atoms with Gasteiger partial charge >= 0.3 is 6.03 Å². The van der Waals surface area contributed by atoms with Crippen LogP contribution >= 0.6 is 23.5 Å². The van der Waals surface area contributed by atoms with Crippen molar-refractivity contribution in [3.63, 3.8) is 0 Å². The number of carbonyl (C=O) groups excluding carboxylic acids is 1. The van der Waals surface area contributed by atoms with Crippen LogP contribution < -0.4 is 9.62 Å². The van der Waals surface area contributed by atoms with E-state index >= 15 is 0 Å². The average molecular weight is 491 g/mol. The number of hydrogen-bond donors (Lipinski definition) is 1. The van der Waals surface area contributed by atoms with Crippen molar-refractivity contribution >= 4 is 41.1 Å². The summed E-state index contributed by atoms with van der Waals surface area (Å²) in [4.78, 5) is 19.6. The molecule has 178 valence electrons. The Kier molecular flexibility index (Phi) is 6.74. The summed E-state index contributed by atoms with van der Waals surface area (Å²) < 4.78 is 10.1. The molecule has 3 unspecified atom stereocenters. The van der Waals surface area contributed by atoms with Crippen LogP contribution in [0.2, 0.25) is 5.02 Å². The van der Waals surface area contributed by atoms with Gasteiger partial charge in [-0.2, -0.15) is 4.68 Å². The predicted octanol–water partition coefficient (Wildman–Crippen LogP) is 3.48. The third-order valence-corrected chi connectivity index (χ3v) is 7.74. The number of nitrogens with zero attached hydrogens (tertiary/aromatic N) is 5. The predicted molar refractivity (Wildman–Crippen MR) is 133 cm³/mol. The molecule has 1 aromatic heterocycles. The molecule has 3 saturated heterocycles. The number of benzene rings is 1. The average Bonchev–Trinajstić information content (AvgIpc) is 3.53. The van der Waals surface area contributed by atoms with E-state index in [1.165, 1.54) is 22.2 Å². The molecule has 8 nitrogen and oxygen atoms in total. The third kappa shape index (κ3) is 4.82. The van der Waals surface area contributed by atoms with Gasteiger partial charge in [-0.1, -0.05) is 29.6 Å². The van der Waals surface area contributed by atoms with Gasteiger partial charge in [0.05, 0.1) is 23.9 Å². The zero-order chi connectivity index (χ0) is 22.9. The number of ether oxygens (including phenoxy) is 1. The standard InChI is InChI=1S/C23H31ClN6O2S/c1-16-10-28(23(31)30-6-5-22(25-30)26-33-2)8-7-27(16)11-17-3-4-20(24)21(9-17)29-12-18-14-32-15-19(18)13-29/h3-6,9,16,18-19H,7-8,10-15H2,1-2H3,(H,25,26). The van der Waals surface area contributed by atoms with E-state index in [4.69, 9.17) is 16.3 Å². The smallest absolute Gasteiger partial charge is 0.344 e. The molecular formula is C23H31ClN6O2S. The molecule has 0 aliphatic carbocycles. The lowest BCUT2D eigenvalue weighted by Crippen LogP contribution is -2.54. The van der Waals surface area contributed by atoms with Crippen LogP contribution in [0.25, 0.3) is 0 Å². The molecule has 2 aromatic rings. The van der Waals surface area contributed by atoms with Crippen molar-refractivity contribution < 1.29 is 9.53 Å². The van der Waals surface area contributed by atoms with Crippen molar-refractivity contribution in [1.82, 2.24) is 19.6 Å². The number of anilines is 2. The second-order valence-electron chi connectivity index (χ2n) is 9.25. The summed E-state index contributed by atoms with van der Waals surface area (Å²) in [6, 6.07) is 8.39. The fourth-order valence-electron chi connectivity index (χ4n) is 5.16. The molecule has 5 rings (SSSR count). The highest BCUT2D eigenvalue weighted by Crippen LogP contribution is 2.36. The van der Waals surface area contributed by atoms with Gasteiger partial charge in [-0.25, -0.2) is 4.79 Å². The molecule has 0 bridgehead atoms. The first kappa shape index (κ1) is 22.8. The van der Waals surface area contributed by atoms with Gasteiger partial charge in [0.15, 0.2) is 5.82 Å². The van der Waals surface area contributed by atoms with E-state index in [-0.39, 0.29) is 12.1 Å². The van der Waals surface area contributed by atoms with E-state index in [2.05, 4.69) is 38.7 Å². The van der Waals surface area contributed by atoms with Crippen LogP contribution in [-0.2, 0) is 11.3 Å². The molecule has 1 aromatic carbocycles. The zero-order valence-corrected chi connectivity index (χ0v) is 20.7. The Morgan fingerprint density at radius 3 is 2.73 bits per heavy atom. The summed E-state index contributed by atoms with van der Waals surface area (Å²) in [6.45, 7) is 9.00. The van der Waals surface area contributed by atoms with Crippen molar-refractivity contribution in [3.8, 4) is 0 Å². The molecule has 33 heavy (non-hydrogen) atoms. The molecule has 0 radical (unpaired) electrons. The number of hydrogen-bond acceptors (Lipinski definition) is 7. The maximum absolute atomic E-state index is 12.9. The van der Waals surface area contributed by atoms with Crippen LogP contribution in [0.5, 0.6) is 0 Å². The van der Waals surface area contributed by atoms with E-state index in [1.54, 1.807) is 6.20 Å². The highest BCUT2D eigenvalue weighted by atomic mass is 35.5. The summed E-state index contributed by atoms with van der Waals surface area (Å²) in [5.74, 6) is 1.94. The third-order valence-electron chi connectivity index (χ3n) is 7.00. The van der Waals surface area contributed by atoms with Crippen LogP contribution in [0.1, 0.15) is 12.5 Å². The minimum absolute atomic E-state index is 0.0759. The summed E-state index contributed by atoms with van der Waals surface area (Å²) >= 11 is 8.05. The van der Waals surface area contributed by atoms with Crippen molar-refractivity contribution in [2.24, 2.45) is 11.8 Å². The summed E-state index contributed by atoms with van der Waals surface area (Å²) in [5, 5.41) is 5.14. The first-order chi connectivity index (χ1) is 16.0. The number of piperazine rings is 1. The lowest BCUT2D eigenvalue weighted by atomic mass is 10.0. The Morgan fingerprint density at radius 1 is 1.21 bits per heavy atom. The molecule has 3 aliphatic rings. The van der Waals surface area contributed by atoms with E-state index < -0.39 is 0 Å². The van der Waals surface area contributed by atoms with Crippen LogP contribution in [0.15, 0.2) is 30.5 Å². The highest BCUT2D eigenvalue weighted by molar-refractivity contribution is 7.99. The lowest BCUT2D eigenvalue weighted by molar-refractivity contribution is 0.0921. The zero-order valence-electron chi connectivity index (χ0n) is 19.1. The number of amides is 1. The second kappa shape index (κ2) is 9.74. The van der Waals surface area contributed by atoms with E-state index in [9.17, 15) is 4.79 Å². The van der Waals surface area contributed by atoms with Crippen LogP contribution in [0.4, 0.5) is 16.3 Å². The molecule has 3 atom stereocenters. The van der Waals surface area contributed by atoms with Crippen molar-refractivity contribution in [2.75, 3.05) is 61.8 Å². The van der Waals surface area contributed by atoms with Gasteiger partial charge in [-0.05, 0) is 24.6 Å². The number of halogens is 1. The monoisotopic (exact) mass is 490 g/mol. The van der Waals surface area contributed by atoms with Crippen molar-refractivity contribution in [3.05, 3.63) is 41.0 Å². The fraction of sp³-hybridized carbons (Fsp3) is 0.565. The molecule has 4 heterocycles. The number of rotatable bonds is 5.